The first-order valence-corrected chi connectivity index (χ1v) is 6.14. The van der Waals surface area contributed by atoms with Crippen molar-refractivity contribution < 1.29 is 4.79 Å². The molecule has 3 nitrogen and oxygen atoms in total. The minimum absolute atomic E-state index is 0.156. The molecule has 1 aromatic rings. The summed E-state index contributed by atoms with van der Waals surface area (Å²) in [7, 11) is 1.99. The summed E-state index contributed by atoms with van der Waals surface area (Å²) in [4.78, 5) is 11.6. The Bertz CT molecular complexity index is 449. The predicted molar refractivity (Wildman–Crippen MR) is 61.2 cm³/mol. The average Bonchev–Trinajstić information content (AvgIpc) is 2.62. The van der Waals surface area contributed by atoms with Crippen molar-refractivity contribution in [1.29, 1.82) is 0 Å². The van der Waals surface area contributed by atoms with Crippen molar-refractivity contribution >= 4 is 5.78 Å². The Balaban J connectivity index is 2.06. The first-order chi connectivity index (χ1) is 7.59. The maximum atomic E-state index is 11.6. The van der Waals surface area contributed by atoms with Gasteiger partial charge in [0.15, 0.2) is 0 Å². The van der Waals surface area contributed by atoms with E-state index in [1.807, 2.05) is 11.7 Å². The van der Waals surface area contributed by atoms with E-state index in [9.17, 15) is 4.79 Å². The normalized spacial score (nSPS) is 33.4. The summed E-state index contributed by atoms with van der Waals surface area (Å²) in [5, 5.41) is 4.64. The standard InChI is InChI=1S/C13H18N2O/c1-13-6-5-11(16)7-10(13)4-3-9-8-15(2)14-12(9)13/h8,10H,3-7H2,1-2H3. The van der Waals surface area contributed by atoms with Gasteiger partial charge in [0.2, 0.25) is 0 Å². The highest BCUT2D eigenvalue weighted by molar-refractivity contribution is 5.80. The van der Waals surface area contributed by atoms with Crippen molar-refractivity contribution in [3.05, 3.63) is 17.5 Å². The van der Waals surface area contributed by atoms with Crippen LogP contribution in [0.3, 0.4) is 0 Å². The molecule has 2 unspecified atom stereocenters. The Kier molecular flexibility index (Phi) is 2.00. The average molecular weight is 218 g/mol. The molecule has 0 spiro atoms. The molecular formula is C13H18N2O. The summed E-state index contributed by atoms with van der Waals surface area (Å²) in [5.74, 6) is 0.970. The van der Waals surface area contributed by atoms with Gasteiger partial charge in [0.05, 0.1) is 5.69 Å². The highest BCUT2D eigenvalue weighted by Crippen LogP contribution is 2.48. The smallest absolute Gasteiger partial charge is 0.133 e. The molecule has 1 saturated carbocycles. The van der Waals surface area contributed by atoms with Crippen LogP contribution in [0.15, 0.2) is 6.20 Å². The van der Waals surface area contributed by atoms with Crippen molar-refractivity contribution in [3.8, 4) is 0 Å². The Morgan fingerprint density at radius 3 is 3.12 bits per heavy atom. The lowest BCUT2D eigenvalue weighted by Crippen LogP contribution is -2.42. The molecule has 0 radical (unpaired) electrons. The lowest BCUT2D eigenvalue weighted by molar-refractivity contribution is -0.123. The molecule has 86 valence electrons. The molecule has 1 heterocycles. The van der Waals surface area contributed by atoms with Crippen LogP contribution < -0.4 is 0 Å². The van der Waals surface area contributed by atoms with Crippen molar-refractivity contribution in [2.75, 3.05) is 0 Å². The van der Waals surface area contributed by atoms with E-state index in [-0.39, 0.29) is 5.41 Å². The molecular weight excluding hydrogens is 200 g/mol. The lowest BCUT2D eigenvalue weighted by Gasteiger charge is -2.43. The zero-order valence-corrected chi connectivity index (χ0v) is 9.99. The van der Waals surface area contributed by atoms with Gasteiger partial charge in [-0.1, -0.05) is 6.92 Å². The van der Waals surface area contributed by atoms with Crippen LogP contribution in [0.2, 0.25) is 0 Å². The van der Waals surface area contributed by atoms with Gasteiger partial charge in [-0.25, -0.2) is 0 Å². The van der Waals surface area contributed by atoms with E-state index >= 15 is 0 Å². The first kappa shape index (κ1) is 10.1. The predicted octanol–water partition coefficient (Wildman–Crippen LogP) is 1.99. The van der Waals surface area contributed by atoms with Crippen LogP contribution in [0, 0.1) is 5.92 Å². The number of ketones is 1. The fraction of sp³-hybridized carbons (Fsp3) is 0.692. The number of rotatable bonds is 0. The molecule has 1 fully saturated rings. The molecule has 2 atom stereocenters. The number of carbonyl (C=O) groups is 1. The largest absolute Gasteiger partial charge is 0.300 e. The minimum Gasteiger partial charge on any atom is -0.300 e. The Morgan fingerprint density at radius 1 is 1.50 bits per heavy atom. The van der Waals surface area contributed by atoms with Crippen molar-refractivity contribution in [3.63, 3.8) is 0 Å². The third-order valence-corrected chi connectivity index (χ3v) is 4.51. The second-order valence-corrected chi connectivity index (χ2v) is 5.57. The van der Waals surface area contributed by atoms with Gasteiger partial charge in [-0.05, 0) is 30.7 Å². The summed E-state index contributed by atoms with van der Waals surface area (Å²) in [5.41, 5.74) is 2.82. The fourth-order valence-corrected chi connectivity index (χ4v) is 3.47. The van der Waals surface area contributed by atoms with E-state index in [1.54, 1.807) is 0 Å². The summed E-state index contributed by atoms with van der Waals surface area (Å²) in [6, 6.07) is 0. The topological polar surface area (TPSA) is 34.9 Å². The highest BCUT2D eigenvalue weighted by atomic mass is 16.1. The summed E-state index contributed by atoms with van der Waals surface area (Å²) in [6.07, 6.45) is 6.89. The number of Topliss-reactive ketones (excluding diaryl/α,β-unsaturated/α-hetero) is 1. The maximum absolute atomic E-state index is 11.6. The van der Waals surface area contributed by atoms with Crippen LogP contribution in [0.1, 0.15) is 43.9 Å². The van der Waals surface area contributed by atoms with E-state index in [4.69, 9.17) is 0 Å². The monoisotopic (exact) mass is 218 g/mol. The summed E-state index contributed by atoms with van der Waals surface area (Å²) < 4.78 is 1.93. The van der Waals surface area contributed by atoms with E-state index in [2.05, 4.69) is 18.2 Å². The van der Waals surface area contributed by atoms with Crippen LogP contribution in [0.4, 0.5) is 0 Å². The van der Waals surface area contributed by atoms with Crippen LogP contribution in [-0.2, 0) is 23.7 Å². The third kappa shape index (κ3) is 1.27. The number of aromatic nitrogens is 2. The van der Waals surface area contributed by atoms with Gasteiger partial charge in [-0.15, -0.1) is 0 Å². The van der Waals surface area contributed by atoms with Crippen molar-refractivity contribution in [2.24, 2.45) is 13.0 Å². The number of fused-ring (bicyclic) bond motifs is 3. The van der Waals surface area contributed by atoms with Gasteiger partial charge >= 0.3 is 0 Å². The van der Waals surface area contributed by atoms with Gasteiger partial charge in [0.25, 0.3) is 0 Å². The molecule has 0 bridgehead atoms. The molecule has 2 aliphatic rings. The Labute approximate surface area is 95.8 Å². The number of hydrogen-bond acceptors (Lipinski definition) is 2. The van der Waals surface area contributed by atoms with Gasteiger partial charge in [0, 0.05) is 31.5 Å². The second-order valence-electron chi connectivity index (χ2n) is 5.57. The minimum atomic E-state index is 0.156. The van der Waals surface area contributed by atoms with E-state index in [1.165, 1.54) is 11.3 Å². The zero-order chi connectivity index (χ0) is 11.3. The summed E-state index contributed by atoms with van der Waals surface area (Å²) >= 11 is 0. The zero-order valence-electron chi connectivity index (χ0n) is 9.99. The van der Waals surface area contributed by atoms with Crippen molar-refractivity contribution in [2.45, 2.75) is 44.4 Å². The number of carbonyl (C=O) groups excluding carboxylic acids is 1. The molecule has 3 heteroatoms. The van der Waals surface area contributed by atoms with Gasteiger partial charge in [-0.3, -0.25) is 9.48 Å². The van der Waals surface area contributed by atoms with E-state index in [0.29, 0.717) is 11.7 Å². The van der Waals surface area contributed by atoms with E-state index in [0.717, 1.165) is 32.1 Å². The van der Waals surface area contributed by atoms with Crippen LogP contribution in [-0.4, -0.2) is 15.6 Å². The lowest BCUT2D eigenvalue weighted by atomic mass is 9.60. The van der Waals surface area contributed by atoms with Gasteiger partial charge in [0.1, 0.15) is 5.78 Å². The van der Waals surface area contributed by atoms with Crippen molar-refractivity contribution in [1.82, 2.24) is 9.78 Å². The Hall–Kier alpha value is -1.12. The number of nitrogens with zero attached hydrogens (tertiary/aromatic N) is 2. The molecule has 2 aliphatic carbocycles. The molecule has 0 saturated heterocycles. The molecule has 0 aliphatic heterocycles. The van der Waals surface area contributed by atoms with Gasteiger partial charge < -0.3 is 0 Å². The van der Waals surface area contributed by atoms with Crippen LogP contribution in [0.25, 0.3) is 0 Å². The molecule has 1 aromatic heterocycles. The first-order valence-electron chi connectivity index (χ1n) is 6.14. The SMILES string of the molecule is Cn1cc2c(n1)C1(C)CCC(=O)CC1CC2. The van der Waals surface area contributed by atoms with Crippen LogP contribution in [0.5, 0.6) is 0 Å². The fourth-order valence-electron chi connectivity index (χ4n) is 3.47. The highest BCUT2D eigenvalue weighted by Gasteiger charge is 2.45. The Morgan fingerprint density at radius 2 is 2.31 bits per heavy atom. The summed E-state index contributed by atoms with van der Waals surface area (Å²) in [6.45, 7) is 2.30. The maximum Gasteiger partial charge on any atom is 0.133 e. The van der Waals surface area contributed by atoms with Crippen LogP contribution >= 0.6 is 0 Å². The molecule has 16 heavy (non-hydrogen) atoms. The third-order valence-electron chi connectivity index (χ3n) is 4.51. The number of hydrogen-bond donors (Lipinski definition) is 0. The molecule has 0 amide bonds. The van der Waals surface area contributed by atoms with E-state index < -0.39 is 0 Å². The molecule has 0 N–H and O–H groups in total. The quantitative estimate of drug-likeness (QED) is 0.667. The second kappa shape index (κ2) is 3.19. The molecule has 3 rings (SSSR count). The number of aryl methyl sites for hydroxylation is 2. The van der Waals surface area contributed by atoms with Gasteiger partial charge in [-0.2, -0.15) is 5.10 Å². The molecule has 0 aromatic carbocycles.